The highest BCUT2D eigenvalue weighted by Crippen LogP contribution is 2.49. The van der Waals surface area contributed by atoms with Crippen molar-refractivity contribution in [3.05, 3.63) is 34.9 Å². The minimum absolute atomic E-state index is 0.000940. The molecule has 1 aromatic rings. The highest BCUT2D eigenvalue weighted by molar-refractivity contribution is 8.22. The summed E-state index contributed by atoms with van der Waals surface area (Å²) in [5.41, 5.74) is 1.30. The molecule has 0 aliphatic carbocycles. The van der Waals surface area contributed by atoms with E-state index >= 15 is 0 Å². The van der Waals surface area contributed by atoms with E-state index in [1.54, 1.807) is 6.21 Å². The van der Waals surface area contributed by atoms with E-state index in [4.69, 9.17) is 17.0 Å². The van der Waals surface area contributed by atoms with Crippen molar-refractivity contribution in [1.29, 1.82) is 5.41 Å². The summed E-state index contributed by atoms with van der Waals surface area (Å²) in [5.74, 6) is 1.15. The molecular formula is C13H16ClNS2. The third-order valence-electron chi connectivity index (χ3n) is 2.86. The second kappa shape index (κ2) is 5.68. The average molecular weight is 286 g/mol. The first-order valence-corrected chi connectivity index (χ1v) is 7.96. The van der Waals surface area contributed by atoms with Gasteiger partial charge in [-0.05, 0) is 30.5 Å². The van der Waals surface area contributed by atoms with Gasteiger partial charge >= 0.3 is 0 Å². The van der Waals surface area contributed by atoms with Gasteiger partial charge in [0.1, 0.15) is 0 Å². The molecule has 92 valence electrons. The van der Waals surface area contributed by atoms with Gasteiger partial charge < -0.3 is 5.41 Å². The number of benzene rings is 1. The molecule has 0 saturated carbocycles. The first-order chi connectivity index (χ1) is 8.13. The van der Waals surface area contributed by atoms with Crippen LogP contribution in [0.2, 0.25) is 5.02 Å². The summed E-state index contributed by atoms with van der Waals surface area (Å²) in [6, 6.07) is 8.03. The normalized spacial score (nSPS) is 28.2. The lowest BCUT2D eigenvalue weighted by molar-refractivity contribution is 0.853. The number of aryl methyl sites for hydroxylation is 1. The average Bonchev–Trinajstić information content (AvgIpc) is 2.71. The molecule has 1 saturated heterocycles. The van der Waals surface area contributed by atoms with Crippen LogP contribution in [0.15, 0.2) is 24.3 Å². The van der Waals surface area contributed by atoms with Gasteiger partial charge in [-0.15, -0.1) is 23.5 Å². The van der Waals surface area contributed by atoms with Crippen molar-refractivity contribution in [2.75, 3.05) is 5.75 Å². The molecule has 1 heterocycles. The van der Waals surface area contributed by atoms with Gasteiger partial charge in [-0.2, -0.15) is 0 Å². The summed E-state index contributed by atoms with van der Waals surface area (Å²) in [7, 11) is 0. The first kappa shape index (κ1) is 13.3. The van der Waals surface area contributed by atoms with Crippen molar-refractivity contribution < 1.29 is 0 Å². The van der Waals surface area contributed by atoms with E-state index in [-0.39, 0.29) is 4.08 Å². The van der Waals surface area contributed by atoms with E-state index in [1.807, 2.05) is 35.7 Å². The van der Waals surface area contributed by atoms with Crippen molar-refractivity contribution in [3.8, 4) is 0 Å². The smallest absolute Gasteiger partial charge is 0.0960 e. The summed E-state index contributed by atoms with van der Waals surface area (Å²) in [4.78, 5) is 0. The minimum Gasteiger partial charge on any atom is -0.311 e. The molecule has 1 aromatic carbocycles. The Bertz CT molecular complexity index is 393. The van der Waals surface area contributed by atoms with Crippen LogP contribution in [-0.2, 0) is 6.42 Å². The van der Waals surface area contributed by atoms with Crippen molar-refractivity contribution >= 4 is 41.3 Å². The van der Waals surface area contributed by atoms with Gasteiger partial charge in [-0.3, -0.25) is 0 Å². The molecule has 0 spiro atoms. The van der Waals surface area contributed by atoms with Crippen molar-refractivity contribution in [2.24, 2.45) is 0 Å². The zero-order valence-corrected chi connectivity index (χ0v) is 12.2. The monoisotopic (exact) mass is 285 g/mol. The van der Waals surface area contributed by atoms with E-state index in [2.05, 4.69) is 19.1 Å². The van der Waals surface area contributed by atoms with Crippen LogP contribution in [0.1, 0.15) is 18.9 Å². The fraction of sp³-hybridized carbons (Fsp3) is 0.462. The highest BCUT2D eigenvalue weighted by atomic mass is 35.5. The second-order valence-electron chi connectivity index (χ2n) is 4.32. The third kappa shape index (κ3) is 3.43. The molecule has 0 aromatic heterocycles. The van der Waals surface area contributed by atoms with Crippen LogP contribution in [0.25, 0.3) is 0 Å². The fourth-order valence-electron chi connectivity index (χ4n) is 1.92. The molecule has 1 aliphatic rings. The molecule has 1 N–H and O–H groups in total. The molecule has 0 radical (unpaired) electrons. The SMILES string of the molecule is CC1CSC(C=N)(CCc2ccc(Cl)cc2)S1. The van der Waals surface area contributed by atoms with Gasteiger partial charge in [-0.1, -0.05) is 30.7 Å². The molecular weight excluding hydrogens is 270 g/mol. The lowest BCUT2D eigenvalue weighted by atomic mass is 10.1. The maximum atomic E-state index is 7.65. The third-order valence-corrected chi connectivity index (χ3v) is 6.73. The Morgan fingerprint density at radius 1 is 1.47 bits per heavy atom. The molecule has 4 heteroatoms. The largest absolute Gasteiger partial charge is 0.311 e. The van der Waals surface area contributed by atoms with Crippen molar-refractivity contribution in [2.45, 2.75) is 29.1 Å². The van der Waals surface area contributed by atoms with Crippen LogP contribution in [0.5, 0.6) is 0 Å². The van der Waals surface area contributed by atoms with Gasteiger partial charge in [0.05, 0.1) is 4.08 Å². The minimum atomic E-state index is -0.000940. The maximum Gasteiger partial charge on any atom is 0.0960 e. The van der Waals surface area contributed by atoms with Crippen LogP contribution in [0, 0.1) is 5.41 Å². The molecule has 2 unspecified atom stereocenters. The van der Waals surface area contributed by atoms with E-state index in [0.29, 0.717) is 5.25 Å². The predicted molar refractivity (Wildman–Crippen MR) is 80.8 cm³/mol. The quantitative estimate of drug-likeness (QED) is 0.824. The molecule has 2 atom stereocenters. The lowest BCUT2D eigenvalue weighted by Crippen LogP contribution is -2.19. The topological polar surface area (TPSA) is 23.9 Å². The van der Waals surface area contributed by atoms with Gasteiger partial charge in [0.2, 0.25) is 0 Å². The molecule has 2 rings (SSSR count). The molecule has 1 nitrogen and oxygen atoms in total. The Morgan fingerprint density at radius 2 is 2.18 bits per heavy atom. The van der Waals surface area contributed by atoms with E-state index in [9.17, 15) is 0 Å². The second-order valence-corrected chi connectivity index (χ2v) is 8.14. The molecule has 0 bridgehead atoms. The zero-order chi connectivity index (χ0) is 12.3. The summed E-state index contributed by atoms with van der Waals surface area (Å²) < 4.78 is -0.000940. The van der Waals surface area contributed by atoms with Crippen molar-refractivity contribution in [1.82, 2.24) is 0 Å². The Morgan fingerprint density at radius 3 is 2.71 bits per heavy atom. The number of halogens is 1. The maximum absolute atomic E-state index is 7.65. The summed E-state index contributed by atoms with van der Waals surface area (Å²) in [6.45, 7) is 2.24. The van der Waals surface area contributed by atoms with E-state index in [1.165, 1.54) is 5.56 Å². The van der Waals surface area contributed by atoms with Crippen LogP contribution in [0.4, 0.5) is 0 Å². The number of nitrogens with one attached hydrogen (secondary N) is 1. The Labute approximate surface area is 116 Å². The number of thioether (sulfide) groups is 2. The lowest BCUT2D eigenvalue weighted by Gasteiger charge is -2.22. The molecule has 17 heavy (non-hydrogen) atoms. The summed E-state index contributed by atoms with van der Waals surface area (Å²) in [5, 5.41) is 9.10. The first-order valence-electron chi connectivity index (χ1n) is 5.71. The van der Waals surface area contributed by atoms with Gasteiger partial charge in [0.15, 0.2) is 0 Å². The summed E-state index contributed by atoms with van der Waals surface area (Å²) in [6.07, 6.45) is 3.67. The number of hydrogen-bond acceptors (Lipinski definition) is 3. The van der Waals surface area contributed by atoms with Crippen LogP contribution >= 0.6 is 35.1 Å². The van der Waals surface area contributed by atoms with Crippen LogP contribution in [0.3, 0.4) is 0 Å². The number of hydrogen-bond donors (Lipinski definition) is 1. The molecule has 1 fully saturated rings. The Balaban J connectivity index is 1.96. The number of rotatable bonds is 4. The van der Waals surface area contributed by atoms with Gasteiger partial charge in [-0.25, -0.2) is 0 Å². The van der Waals surface area contributed by atoms with Gasteiger partial charge in [0, 0.05) is 22.2 Å². The van der Waals surface area contributed by atoms with Crippen LogP contribution < -0.4 is 0 Å². The van der Waals surface area contributed by atoms with E-state index in [0.717, 1.165) is 23.6 Å². The molecule has 1 aliphatic heterocycles. The Kier molecular flexibility index (Phi) is 4.45. The standard InChI is InChI=1S/C13H16ClNS2/c1-10-8-16-13(9-15,17-10)7-6-11-2-4-12(14)5-3-11/h2-5,9-10,15H,6-8H2,1H3. The van der Waals surface area contributed by atoms with Crippen LogP contribution in [-0.4, -0.2) is 21.3 Å². The van der Waals surface area contributed by atoms with E-state index < -0.39 is 0 Å². The predicted octanol–water partition coefficient (Wildman–Crippen LogP) is 4.49. The highest BCUT2D eigenvalue weighted by Gasteiger charge is 2.36. The van der Waals surface area contributed by atoms with Crippen molar-refractivity contribution in [3.63, 3.8) is 0 Å². The fourth-order valence-corrected chi connectivity index (χ4v) is 5.30. The van der Waals surface area contributed by atoms with Gasteiger partial charge in [0.25, 0.3) is 0 Å². The molecule has 0 amide bonds. The Hall–Kier alpha value is -0.120. The summed E-state index contributed by atoms with van der Waals surface area (Å²) >= 11 is 9.71. The zero-order valence-electron chi connectivity index (χ0n) is 9.78.